The first-order valence-corrected chi connectivity index (χ1v) is 7.18. The summed E-state index contributed by atoms with van der Waals surface area (Å²) in [6, 6.07) is 5.07. The van der Waals surface area contributed by atoms with Crippen molar-refractivity contribution in [3.63, 3.8) is 0 Å². The molecule has 6 heteroatoms. The van der Waals surface area contributed by atoms with Crippen molar-refractivity contribution in [1.29, 1.82) is 0 Å². The van der Waals surface area contributed by atoms with Gasteiger partial charge < -0.3 is 0 Å². The minimum atomic E-state index is -0.735. The summed E-state index contributed by atoms with van der Waals surface area (Å²) >= 11 is 12.1. The van der Waals surface area contributed by atoms with Gasteiger partial charge in [-0.2, -0.15) is 5.10 Å². The molecule has 1 aromatic carbocycles. The molecule has 0 atom stereocenters. The number of carbonyl (C=O) groups is 2. The highest BCUT2D eigenvalue weighted by Crippen LogP contribution is 2.34. The van der Waals surface area contributed by atoms with Crippen molar-refractivity contribution in [2.45, 2.75) is 20.3 Å². The fraction of sp³-hybridized carbons (Fsp3) is 0.267. The second-order valence-electron chi connectivity index (χ2n) is 5.73. The van der Waals surface area contributed by atoms with E-state index >= 15 is 0 Å². The van der Waals surface area contributed by atoms with Crippen LogP contribution in [-0.4, -0.2) is 21.3 Å². The molecule has 108 valence electrons. The molecule has 1 heterocycles. The second-order valence-corrected chi connectivity index (χ2v) is 6.58. The lowest BCUT2D eigenvalue weighted by Crippen LogP contribution is -2.38. The van der Waals surface area contributed by atoms with Crippen LogP contribution in [0.4, 0.5) is 0 Å². The predicted molar refractivity (Wildman–Crippen MR) is 80.4 cm³/mol. The molecule has 0 unspecified atom stereocenters. The van der Waals surface area contributed by atoms with Crippen LogP contribution in [-0.2, 0) is 11.2 Å². The Morgan fingerprint density at radius 3 is 2.62 bits per heavy atom. The molecule has 0 saturated heterocycles. The van der Waals surface area contributed by atoms with E-state index in [0.29, 0.717) is 33.4 Å². The van der Waals surface area contributed by atoms with Crippen molar-refractivity contribution in [1.82, 2.24) is 9.78 Å². The summed E-state index contributed by atoms with van der Waals surface area (Å²) in [4.78, 5) is 24.2. The number of aromatic nitrogens is 2. The van der Waals surface area contributed by atoms with E-state index in [1.54, 1.807) is 36.7 Å². The molecule has 1 aliphatic rings. The van der Waals surface area contributed by atoms with E-state index in [1.165, 1.54) is 6.20 Å². The Morgan fingerprint density at radius 1 is 1.24 bits per heavy atom. The van der Waals surface area contributed by atoms with E-state index < -0.39 is 11.2 Å². The Kier molecular flexibility index (Phi) is 3.19. The summed E-state index contributed by atoms with van der Waals surface area (Å²) in [5.74, 6) is -0.866. The number of fused-ring (bicyclic) bond motifs is 1. The van der Waals surface area contributed by atoms with Crippen LogP contribution in [0.15, 0.2) is 24.4 Å². The number of rotatable bonds is 1. The van der Waals surface area contributed by atoms with Crippen LogP contribution in [0.1, 0.15) is 29.9 Å². The number of hydrogen-bond donors (Lipinski definition) is 0. The number of nitrogens with zero attached hydrogens (tertiary/aromatic N) is 2. The molecule has 3 rings (SSSR count). The van der Waals surface area contributed by atoms with Crippen molar-refractivity contribution in [2.75, 3.05) is 0 Å². The third-order valence-corrected chi connectivity index (χ3v) is 4.22. The first-order valence-electron chi connectivity index (χ1n) is 6.43. The van der Waals surface area contributed by atoms with Gasteiger partial charge in [0.15, 0.2) is 0 Å². The Balaban J connectivity index is 2.19. The van der Waals surface area contributed by atoms with Gasteiger partial charge in [0.2, 0.25) is 11.6 Å². The largest absolute Gasteiger partial charge is 0.290 e. The zero-order valence-electron chi connectivity index (χ0n) is 11.5. The van der Waals surface area contributed by atoms with E-state index in [0.717, 1.165) is 0 Å². The molecule has 1 aromatic heterocycles. The number of hydrogen-bond acceptors (Lipinski definition) is 3. The SMILES string of the molecule is CC1(C)Cc2c(cnn2-c2ccc(Cl)cc2Cl)C(=O)C1=O. The normalized spacial score (nSPS) is 17.0. The molecule has 0 spiro atoms. The van der Waals surface area contributed by atoms with Crippen LogP contribution in [0, 0.1) is 5.41 Å². The predicted octanol–water partition coefficient (Wildman–Crippen LogP) is 3.51. The van der Waals surface area contributed by atoms with Crippen LogP contribution in [0.3, 0.4) is 0 Å². The van der Waals surface area contributed by atoms with Crippen LogP contribution in [0.25, 0.3) is 5.69 Å². The van der Waals surface area contributed by atoms with Crippen molar-refractivity contribution >= 4 is 34.8 Å². The van der Waals surface area contributed by atoms with Crippen LogP contribution in [0.5, 0.6) is 0 Å². The van der Waals surface area contributed by atoms with Gasteiger partial charge in [0, 0.05) is 16.9 Å². The molecule has 0 radical (unpaired) electrons. The second kappa shape index (κ2) is 4.68. The maximum absolute atomic E-state index is 12.2. The molecule has 0 bridgehead atoms. The Morgan fingerprint density at radius 2 is 1.95 bits per heavy atom. The highest BCUT2D eigenvalue weighted by Gasteiger charge is 2.42. The van der Waals surface area contributed by atoms with Gasteiger partial charge in [-0.25, -0.2) is 4.68 Å². The quantitative estimate of drug-likeness (QED) is 0.755. The smallest absolute Gasteiger partial charge is 0.232 e. The van der Waals surface area contributed by atoms with Crippen LogP contribution >= 0.6 is 23.2 Å². The summed E-state index contributed by atoms with van der Waals surface area (Å²) in [5.41, 5.74) is 0.959. The fourth-order valence-corrected chi connectivity index (χ4v) is 3.01. The molecule has 0 amide bonds. The lowest BCUT2D eigenvalue weighted by Gasteiger charge is -2.27. The fourth-order valence-electron chi connectivity index (χ4n) is 2.52. The summed E-state index contributed by atoms with van der Waals surface area (Å²) in [6.07, 6.45) is 1.86. The zero-order valence-corrected chi connectivity index (χ0v) is 13.0. The third kappa shape index (κ3) is 2.19. The molecule has 1 aliphatic carbocycles. The zero-order chi connectivity index (χ0) is 15.4. The molecule has 21 heavy (non-hydrogen) atoms. The van der Waals surface area contributed by atoms with E-state index in [2.05, 4.69) is 5.10 Å². The Labute approximate surface area is 131 Å². The first kappa shape index (κ1) is 14.3. The average Bonchev–Trinajstić information content (AvgIpc) is 2.79. The number of ketones is 2. The van der Waals surface area contributed by atoms with Gasteiger partial charge in [0.25, 0.3) is 0 Å². The van der Waals surface area contributed by atoms with Crippen LogP contribution in [0.2, 0.25) is 10.0 Å². The van der Waals surface area contributed by atoms with Gasteiger partial charge in [-0.15, -0.1) is 0 Å². The summed E-state index contributed by atoms with van der Waals surface area (Å²) in [5, 5.41) is 5.19. The molecule has 0 aliphatic heterocycles. The minimum absolute atomic E-state index is 0.352. The summed E-state index contributed by atoms with van der Waals surface area (Å²) in [6.45, 7) is 3.52. The van der Waals surface area contributed by atoms with E-state index in [1.807, 2.05) is 0 Å². The van der Waals surface area contributed by atoms with Gasteiger partial charge >= 0.3 is 0 Å². The standard InChI is InChI=1S/C15H12Cl2N2O2/c1-15(2)6-12-9(13(20)14(15)21)7-18-19(12)11-4-3-8(16)5-10(11)17/h3-5,7H,6H2,1-2H3. The highest BCUT2D eigenvalue weighted by atomic mass is 35.5. The van der Waals surface area contributed by atoms with Crippen molar-refractivity contribution < 1.29 is 9.59 Å². The number of halogens is 2. The monoisotopic (exact) mass is 322 g/mol. The van der Waals surface area contributed by atoms with E-state index in [9.17, 15) is 9.59 Å². The van der Waals surface area contributed by atoms with Crippen molar-refractivity contribution in [3.8, 4) is 5.69 Å². The molecule has 2 aromatic rings. The molecular weight excluding hydrogens is 311 g/mol. The van der Waals surface area contributed by atoms with Gasteiger partial charge in [0.05, 0.1) is 28.2 Å². The lowest BCUT2D eigenvalue weighted by molar-refractivity contribution is -0.123. The third-order valence-electron chi connectivity index (χ3n) is 3.68. The van der Waals surface area contributed by atoms with Gasteiger partial charge in [-0.1, -0.05) is 37.0 Å². The van der Waals surface area contributed by atoms with Gasteiger partial charge in [-0.3, -0.25) is 9.59 Å². The summed E-state index contributed by atoms with van der Waals surface area (Å²) < 4.78 is 1.61. The van der Waals surface area contributed by atoms with Crippen LogP contribution < -0.4 is 0 Å². The molecular formula is C15H12Cl2N2O2. The summed E-state index contributed by atoms with van der Waals surface area (Å²) in [7, 11) is 0. The van der Waals surface area contributed by atoms with Gasteiger partial charge in [-0.05, 0) is 18.2 Å². The maximum atomic E-state index is 12.2. The first-order chi connectivity index (χ1) is 9.81. The lowest BCUT2D eigenvalue weighted by atomic mass is 9.75. The number of benzene rings is 1. The Hall–Kier alpha value is -1.65. The molecule has 0 N–H and O–H groups in total. The molecule has 0 saturated carbocycles. The maximum Gasteiger partial charge on any atom is 0.232 e. The topological polar surface area (TPSA) is 52.0 Å². The van der Waals surface area contributed by atoms with Gasteiger partial charge in [0.1, 0.15) is 0 Å². The number of carbonyl (C=O) groups excluding carboxylic acids is 2. The van der Waals surface area contributed by atoms with Crippen molar-refractivity contribution in [3.05, 3.63) is 45.7 Å². The number of Topliss-reactive ketones (excluding diaryl/α,β-unsaturated/α-hetero) is 2. The highest BCUT2D eigenvalue weighted by molar-refractivity contribution is 6.46. The van der Waals surface area contributed by atoms with Crippen molar-refractivity contribution in [2.24, 2.45) is 5.41 Å². The molecule has 0 fully saturated rings. The minimum Gasteiger partial charge on any atom is -0.290 e. The van der Waals surface area contributed by atoms with E-state index in [-0.39, 0.29) is 5.78 Å². The Bertz CT molecular complexity index is 778. The molecule has 4 nitrogen and oxygen atoms in total. The van der Waals surface area contributed by atoms with E-state index in [4.69, 9.17) is 23.2 Å². The average molecular weight is 323 g/mol.